The molecule has 0 N–H and O–H groups in total. The van der Waals surface area contributed by atoms with Crippen LogP contribution in [0.5, 0.6) is 0 Å². The van der Waals surface area contributed by atoms with Crippen LogP contribution in [0.3, 0.4) is 0 Å². The normalized spacial score (nSPS) is 12.1. The minimum atomic E-state index is -0.190. The van der Waals surface area contributed by atoms with Gasteiger partial charge in [0.25, 0.3) is 0 Å². The van der Waals surface area contributed by atoms with Gasteiger partial charge in [-0.1, -0.05) is 71.9 Å². The van der Waals surface area contributed by atoms with E-state index in [1.54, 1.807) is 0 Å². The Bertz CT molecular complexity index is 644. The first-order chi connectivity index (χ1) is 15.1. The third-order valence-corrected chi connectivity index (χ3v) is 5.27. The van der Waals surface area contributed by atoms with E-state index in [4.69, 9.17) is 14.2 Å². The molecular formula is C27H44O5. The molecule has 32 heavy (non-hydrogen) atoms. The molecule has 1 rings (SSSR count). The fourth-order valence-electron chi connectivity index (χ4n) is 4.36. The summed E-state index contributed by atoms with van der Waals surface area (Å²) >= 11 is 0. The third kappa shape index (κ3) is 12.8. The standard InChI is InChI=1S/C27H44O5/c1-7-12-24(28)31-18-23(19-32-25(29)13-8-2)16-26(3,4)20-27(5,6)21-30-17-22-14-10-9-11-15-22/h9-11,14-15,23H,7-8,12-13,16-21H2,1-6H3. The summed E-state index contributed by atoms with van der Waals surface area (Å²) in [6.07, 6.45) is 4.09. The quantitative estimate of drug-likeness (QED) is 0.276. The van der Waals surface area contributed by atoms with Crippen molar-refractivity contribution >= 4 is 11.9 Å². The summed E-state index contributed by atoms with van der Waals surface area (Å²) in [7, 11) is 0. The van der Waals surface area contributed by atoms with Crippen LogP contribution in [-0.2, 0) is 30.4 Å². The van der Waals surface area contributed by atoms with Crippen molar-refractivity contribution in [3.8, 4) is 0 Å². The summed E-state index contributed by atoms with van der Waals surface area (Å²) in [6.45, 7) is 14.6. The van der Waals surface area contributed by atoms with Crippen molar-refractivity contribution in [2.75, 3.05) is 19.8 Å². The Hall–Kier alpha value is -1.88. The molecule has 0 aliphatic rings. The highest BCUT2D eigenvalue weighted by Gasteiger charge is 2.32. The number of hydrogen-bond acceptors (Lipinski definition) is 5. The zero-order chi connectivity index (χ0) is 24.0. The molecule has 5 heteroatoms. The molecule has 0 spiro atoms. The lowest BCUT2D eigenvalue weighted by Crippen LogP contribution is -2.32. The van der Waals surface area contributed by atoms with Gasteiger partial charge >= 0.3 is 11.9 Å². The van der Waals surface area contributed by atoms with Gasteiger partial charge in [-0.05, 0) is 42.1 Å². The van der Waals surface area contributed by atoms with E-state index in [0.717, 1.165) is 25.7 Å². The number of esters is 2. The highest BCUT2D eigenvalue weighted by molar-refractivity contribution is 5.69. The van der Waals surface area contributed by atoms with E-state index in [1.165, 1.54) is 5.56 Å². The second kappa shape index (κ2) is 14.3. The smallest absolute Gasteiger partial charge is 0.305 e. The molecule has 0 saturated carbocycles. The van der Waals surface area contributed by atoms with Crippen LogP contribution in [0, 0.1) is 16.7 Å². The summed E-state index contributed by atoms with van der Waals surface area (Å²) < 4.78 is 17.0. The highest BCUT2D eigenvalue weighted by atomic mass is 16.5. The van der Waals surface area contributed by atoms with Crippen LogP contribution in [0.2, 0.25) is 0 Å². The summed E-state index contributed by atoms with van der Waals surface area (Å²) in [5.74, 6) is -0.401. The van der Waals surface area contributed by atoms with Crippen molar-refractivity contribution in [3.05, 3.63) is 35.9 Å². The minimum absolute atomic E-state index is 0.0133. The Balaban J connectivity index is 2.63. The molecule has 0 atom stereocenters. The highest BCUT2D eigenvalue weighted by Crippen LogP contribution is 2.39. The Labute approximate surface area is 195 Å². The first kappa shape index (κ1) is 28.2. The van der Waals surface area contributed by atoms with Gasteiger partial charge in [-0.3, -0.25) is 9.59 Å². The fourth-order valence-corrected chi connectivity index (χ4v) is 4.36. The van der Waals surface area contributed by atoms with E-state index in [0.29, 0.717) is 26.1 Å². The van der Waals surface area contributed by atoms with Crippen LogP contribution < -0.4 is 0 Å². The van der Waals surface area contributed by atoms with Crippen LogP contribution in [0.25, 0.3) is 0 Å². The maximum Gasteiger partial charge on any atom is 0.305 e. The Kier molecular flexibility index (Phi) is 12.6. The second-order valence-corrected chi connectivity index (χ2v) is 10.4. The van der Waals surface area contributed by atoms with Crippen LogP contribution in [0.4, 0.5) is 0 Å². The molecule has 0 bridgehead atoms. The van der Waals surface area contributed by atoms with Gasteiger partial charge in [0.05, 0.1) is 26.4 Å². The van der Waals surface area contributed by atoms with Gasteiger partial charge in [0, 0.05) is 18.8 Å². The van der Waals surface area contributed by atoms with Crippen LogP contribution in [0.15, 0.2) is 30.3 Å². The topological polar surface area (TPSA) is 61.8 Å². The molecule has 0 saturated heterocycles. The van der Waals surface area contributed by atoms with E-state index in [-0.39, 0.29) is 41.9 Å². The molecule has 0 radical (unpaired) electrons. The molecular weight excluding hydrogens is 404 g/mol. The number of carbonyl (C=O) groups excluding carboxylic acids is 2. The molecule has 0 fully saturated rings. The lowest BCUT2D eigenvalue weighted by molar-refractivity contribution is -0.150. The van der Waals surface area contributed by atoms with Gasteiger partial charge in [-0.2, -0.15) is 0 Å². The van der Waals surface area contributed by atoms with Gasteiger partial charge in [0.1, 0.15) is 0 Å². The number of hydrogen-bond donors (Lipinski definition) is 0. The lowest BCUT2D eigenvalue weighted by Gasteiger charge is -2.37. The van der Waals surface area contributed by atoms with Crippen molar-refractivity contribution in [1.82, 2.24) is 0 Å². The number of ether oxygens (including phenoxy) is 3. The number of benzene rings is 1. The first-order valence-electron chi connectivity index (χ1n) is 12.0. The number of carbonyl (C=O) groups is 2. The van der Waals surface area contributed by atoms with E-state index in [1.807, 2.05) is 32.0 Å². The second-order valence-electron chi connectivity index (χ2n) is 10.4. The first-order valence-corrected chi connectivity index (χ1v) is 12.0. The predicted molar refractivity (Wildman–Crippen MR) is 128 cm³/mol. The zero-order valence-electron chi connectivity index (χ0n) is 21.1. The summed E-state index contributed by atoms with van der Waals surface area (Å²) in [5.41, 5.74) is 1.13. The SMILES string of the molecule is CCCC(=O)OCC(COC(=O)CCC)CC(C)(C)CC(C)(C)COCc1ccccc1. The van der Waals surface area contributed by atoms with Crippen molar-refractivity contribution < 1.29 is 23.8 Å². The summed E-state index contributed by atoms with van der Waals surface area (Å²) in [4.78, 5) is 23.7. The Morgan fingerprint density at radius 2 is 1.38 bits per heavy atom. The van der Waals surface area contributed by atoms with Crippen molar-refractivity contribution in [2.45, 2.75) is 86.7 Å². The maximum absolute atomic E-state index is 11.9. The van der Waals surface area contributed by atoms with Crippen molar-refractivity contribution in [2.24, 2.45) is 16.7 Å². The van der Waals surface area contributed by atoms with Gasteiger partial charge < -0.3 is 14.2 Å². The average molecular weight is 449 g/mol. The van der Waals surface area contributed by atoms with Crippen molar-refractivity contribution in [1.29, 1.82) is 0 Å². The predicted octanol–water partition coefficient (Wildman–Crippen LogP) is 6.34. The molecule has 0 amide bonds. The lowest BCUT2D eigenvalue weighted by atomic mass is 9.71. The molecule has 0 aromatic heterocycles. The third-order valence-electron chi connectivity index (χ3n) is 5.27. The Morgan fingerprint density at radius 3 is 1.88 bits per heavy atom. The molecule has 0 aliphatic heterocycles. The van der Waals surface area contributed by atoms with Gasteiger partial charge in [0.15, 0.2) is 0 Å². The van der Waals surface area contributed by atoms with Gasteiger partial charge in [0.2, 0.25) is 0 Å². The monoisotopic (exact) mass is 448 g/mol. The number of rotatable bonds is 16. The minimum Gasteiger partial charge on any atom is -0.465 e. The Morgan fingerprint density at radius 1 is 0.844 bits per heavy atom. The van der Waals surface area contributed by atoms with Crippen LogP contribution in [0.1, 0.15) is 85.6 Å². The molecule has 5 nitrogen and oxygen atoms in total. The van der Waals surface area contributed by atoms with E-state index >= 15 is 0 Å². The molecule has 1 aromatic rings. The maximum atomic E-state index is 11.9. The molecule has 1 aromatic carbocycles. The molecule has 182 valence electrons. The largest absolute Gasteiger partial charge is 0.465 e. The fraction of sp³-hybridized carbons (Fsp3) is 0.704. The van der Waals surface area contributed by atoms with Crippen LogP contribution >= 0.6 is 0 Å². The van der Waals surface area contributed by atoms with E-state index in [9.17, 15) is 9.59 Å². The molecule has 0 heterocycles. The average Bonchev–Trinajstić information content (AvgIpc) is 2.70. The summed E-state index contributed by atoms with van der Waals surface area (Å²) in [5, 5.41) is 0. The molecule has 0 aliphatic carbocycles. The van der Waals surface area contributed by atoms with Crippen LogP contribution in [-0.4, -0.2) is 31.8 Å². The van der Waals surface area contributed by atoms with E-state index < -0.39 is 0 Å². The van der Waals surface area contributed by atoms with Crippen molar-refractivity contribution in [3.63, 3.8) is 0 Å². The summed E-state index contributed by atoms with van der Waals surface area (Å²) in [6, 6.07) is 10.2. The van der Waals surface area contributed by atoms with E-state index in [2.05, 4.69) is 39.8 Å². The molecule has 0 unspecified atom stereocenters. The van der Waals surface area contributed by atoms with Gasteiger partial charge in [-0.15, -0.1) is 0 Å². The zero-order valence-corrected chi connectivity index (χ0v) is 21.1. The van der Waals surface area contributed by atoms with Gasteiger partial charge in [-0.25, -0.2) is 0 Å².